The Morgan fingerprint density at radius 2 is 2.00 bits per heavy atom. The Balaban J connectivity index is 1.90. The largest absolute Gasteiger partial charge is 0.345 e. The molecule has 1 N–H and O–H groups in total. The zero-order chi connectivity index (χ0) is 14.9. The van der Waals surface area contributed by atoms with Crippen LogP contribution < -0.4 is 0 Å². The van der Waals surface area contributed by atoms with Gasteiger partial charge in [-0.1, -0.05) is 18.2 Å². The van der Waals surface area contributed by atoms with Crippen LogP contribution in [0, 0.1) is 5.82 Å². The van der Waals surface area contributed by atoms with Crippen molar-refractivity contribution in [3.8, 4) is 0 Å². The molecule has 108 valence electrons. The molecule has 0 bridgehead atoms. The van der Waals surface area contributed by atoms with Gasteiger partial charge < -0.3 is 9.55 Å². The molecule has 4 rings (SSSR count). The molecular formula is C17H13FN4. The van der Waals surface area contributed by atoms with Crippen LogP contribution in [0.3, 0.4) is 0 Å². The maximum Gasteiger partial charge on any atom is 0.123 e. The summed E-state index contributed by atoms with van der Waals surface area (Å²) in [6.45, 7) is 0. The number of fused-ring (bicyclic) bond motifs is 1. The maximum atomic E-state index is 13.6. The van der Waals surface area contributed by atoms with E-state index >= 15 is 0 Å². The van der Waals surface area contributed by atoms with Gasteiger partial charge in [-0.25, -0.2) is 14.4 Å². The molecule has 0 aliphatic heterocycles. The van der Waals surface area contributed by atoms with Gasteiger partial charge in [0.25, 0.3) is 0 Å². The summed E-state index contributed by atoms with van der Waals surface area (Å²) in [4.78, 5) is 11.5. The van der Waals surface area contributed by atoms with Crippen LogP contribution in [0.15, 0.2) is 67.5 Å². The lowest BCUT2D eigenvalue weighted by atomic mass is 9.98. The SMILES string of the molecule is Fc1cccc(C(c2ccc3nc[nH]c3c2)n2ccnc2)c1. The molecule has 1 atom stereocenters. The number of nitrogens with zero attached hydrogens (tertiary/aromatic N) is 3. The Hall–Kier alpha value is -2.95. The van der Waals surface area contributed by atoms with Crippen molar-refractivity contribution in [2.24, 2.45) is 0 Å². The normalized spacial score (nSPS) is 12.6. The minimum Gasteiger partial charge on any atom is -0.345 e. The van der Waals surface area contributed by atoms with E-state index in [1.807, 2.05) is 35.0 Å². The second-order valence-electron chi connectivity index (χ2n) is 5.15. The molecule has 0 spiro atoms. The van der Waals surface area contributed by atoms with Crippen LogP contribution in [-0.4, -0.2) is 19.5 Å². The number of hydrogen-bond donors (Lipinski definition) is 1. The van der Waals surface area contributed by atoms with Crippen molar-refractivity contribution in [2.75, 3.05) is 0 Å². The average molecular weight is 292 g/mol. The highest BCUT2D eigenvalue weighted by Crippen LogP contribution is 2.28. The second kappa shape index (κ2) is 5.11. The number of benzene rings is 2. The van der Waals surface area contributed by atoms with Gasteiger partial charge in [-0.3, -0.25) is 0 Å². The lowest BCUT2D eigenvalue weighted by Crippen LogP contribution is -2.10. The molecule has 1 unspecified atom stereocenters. The fourth-order valence-corrected chi connectivity index (χ4v) is 2.76. The van der Waals surface area contributed by atoms with E-state index in [2.05, 4.69) is 15.0 Å². The van der Waals surface area contributed by atoms with E-state index in [0.29, 0.717) is 0 Å². The molecule has 2 aromatic heterocycles. The van der Waals surface area contributed by atoms with Crippen molar-refractivity contribution in [2.45, 2.75) is 6.04 Å². The molecule has 4 aromatic rings. The first-order valence-corrected chi connectivity index (χ1v) is 6.97. The highest BCUT2D eigenvalue weighted by molar-refractivity contribution is 5.75. The van der Waals surface area contributed by atoms with E-state index in [9.17, 15) is 4.39 Å². The number of H-pyrrole nitrogens is 1. The summed E-state index contributed by atoms with van der Waals surface area (Å²) in [5, 5.41) is 0. The Kier molecular flexibility index (Phi) is 2.96. The molecule has 0 fully saturated rings. The van der Waals surface area contributed by atoms with Crippen LogP contribution in [0.5, 0.6) is 0 Å². The number of nitrogens with one attached hydrogen (secondary N) is 1. The highest BCUT2D eigenvalue weighted by atomic mass is 19.1. The predicted octanol–water partition coefficient (Wildman–Crippen LogP) is 3.54. The molecule has 22 heavy (non-hydrogen) atoms. The molecule has 0 aliphatic carbocycles. The van der Waals surface area contributed by atoms with Crippen molar-refractivity contribution in [1.82, 2.24) is 19.5 Å². The Bertz CT molecular complexity index is 911. The van der Waals surface area contributed by atoms with Crippen LogP contribution >= 0.6 is 0 Å². The standard InChI is InChI=1S/C17H13FN4/c18-14-3-1-2-12(8-14)17(22-7-6-19-11-22)13-4-5-15-16(9-13)21-10-20-15/h1-11,17H,(H,20,21). The van der Waals surface area contributed by atoms with E-state index < -0.39 is 0 Å². The number of imidazole rings is 2. The predicted molar refractivity (Wildman–Crippen MR) is 82.0 cm³/mol. The van der Waals surface area contributed by atoms with Crippen molar-refractivity contribution in [3.63, 3.8) is 0 Å². The van der Waals surface area contributed by atoms with Gasteiger partial charge in [0, 0.05) is 12.4 Å². The van der Waals surface area contributed by atoms with Gasteiger partial charge in [0.15, 0.2) is 0 Å². The summed E-state index contributed by atoms with van der Waals surface area (Å²) in [6, 6.07) is 12.5. The maximum absolute atomic E-state index is 13.6. The zero-order valence-electron chi connectivity index (χ0n) is 11.6. The Morgan fingerprint density at radius 3 is 2.82 bits per heavy atom. The van der Waals surface area contributed by atoms with E-state index in [1.54, 1.807) is 31.0 Å². The summed E-state index contributed by atoms with van der Waals surface area (Å²) >= 11 is 0. The highest BCUT2D eigenvalue weighted by Gasteiger charge is 2.17. The molecule has 2 aromatic carbocycles. The van der Waals surface area contributed by atoms with Gasteiger partial charge in [-0.2, -0.15) is 0 Å². The van der Waals surface area contributed by atoms with Gasteiger partial charge in [-0.05, 0) is 35.4 Å². The summed E-state index contributed by atoms with van der Waals surface area (Å²) < 4.78 is 15.6. The third-order valence-corrected chi connectivity index (χ3v) is 3.75. The van der Waals surface area contributed by atoms with Gasteiger partial charge in [-0.15, -0.1) is 0 Å². The molecule has 2 heterocycles. The fourth-order valence-electron chi connectivity index (χ4n) is 2.76. The van der Waals surface area contributed by atoms with Crippen molar-refractivity contribution in [1.29, 1.82) is 0 Å². The van der Waals surface area contributed by atoms with E-state index in [-0.39, 0.29) is 11.9 Å². The Morgan fingerprint density at radius 1 is 1.09 bits per heavy atom. The second-order valence-corrected chi connectivity index (χ2v) is 5.15. The summed E-state index contributed by atoms with van der Waals surface area (Å²) in [7, 11) is 0. The number of aromatic amines is 1. The van der Waals surface area contributed by atoms with Gasteiger partial charge in [0.05, 0.1) is 29.7 Å². The molecule has 4 nitrogen and oxygen atoms in total. The molecule has 0 aliphatic rings. The molecule has 0 saturated heterocycles. The monoisotopic (exact) mass is 292 g/mol. The first kappa shape index (κ1) is 12.8. The molecule has 0 radical (unpaired) electrons. The summed E-state index contributed by atoms with van der Waals surface area (Å²) in [6.07, 6.45) is 7.02. The van der Waals surface area contributed by atoms with Crippen LogP contribution in [0.2, 0.25) is 0 Å². The molecule has 0 amide bonds. The number of hydrogen-bond acceptors (Lipinski definition) is 2. The number of aromatic nitrogens is 4. The van der Waals surface area contributed by atoms with E-state index in [4.69, 9.17) is 0 Å². The first-order valence-electron chi connectivity index (χ1n) is 6.97. The number of halogens is 1. The molecular weight excluding hydrogens is 279 g/mol. The third-order valence-electron chi connectivity index (χ3n) is 3.75. The van der Waals surface area contributed by atoms with Crippen molar-refractivity contribution in [3.05, 3.63) is 84.5 Å². The zero-order valence-corrected chi connectivity index (χ0v) is 11.6. The van der Waals surface area contributed by atoms with E-state index in [0.717, 1.165) is 22.2 Å². The van der Waals surface area contributed by atoms with Gasteiger partial charge in [0.1, 0.15) is 5.82 Å². The van der Waals surface area contributed by atoms with Crippen LogP contribution in [0.4, 0.5) is 4.39 Å². The Labute approximate surface area is 126 Å². The third kappa shape index (κ3) is 2.16. The molecule has 5 heteroatoms. The van der Waals surface area contributed by atoms with E-state index in [1.165, 1.54) is 6.07 Å². The van der Waals surface area contributed by atoms with Crippen LogP contribution in [-0.2, 0) is 0 Å². The minimum absolute atomic E-state index is 0.133. The van der Waals surface area contributed by atoms with Crippen molar-refractivity contribution < 1.29 is 4.39 Å². The smallest absolute Gasteiger partial charge is 0.123 e. The molecule has 0 saturated carbocycles. The first-order chi connectivity index (χ1) is 10.8. The quantitative estimate of drug-likeness (QED) is 0.628. The number of rotatable bonds is 3. The van der Waals surface area contributed by atoms with Crippen LogP contribution in [0.1, 0.15) is 17.2 Å². The minimum atomic E-state index is -0.245. The average Bonchev–Trinajstić information content (AvgIpc) is 3.18. The summed E-state index contributed by atoms with van der Waals surface area (Å²) in [5.74, 6) is -0.245. The topological polar surface area (TPSA) is 46.5 Å². The lowest BCUT2D eigenvalue weighted by Gasteiger charge is -2.19. The van der Waals surface area contributed by atoms with Gasteiger partial charge >= 0.3 is 0 Å². The lowest BCUT2D eigenvalue weighted by molar-refractivity contribution is 0.615. The van der Waals surface area contributed by atoms with Gasteiger partial charge in [0.2, 0.25) is 0 Å². The van der Waals surface area contributed by atoms with Crippen LogP contribution in [0.25, 0.3) is 11.0 Å². The van der Waals surface area contributed by atoms with Crippen molar-refractivity contribution >= 4 is 11.0 Å². The fraction of sp³-hybridized carbons (Fsp3) is 0.0588. The summed E-state index contributed by atoms with van der Waals surface area (Å²) in [5.41, 5.74) is 3.78.